The first-order valence-corrected chi connectivity index (χ1v) is 5.55. The summed E-state index contributed by atoms with van der Waals surface area (Å²) in [6, 6.07) is 0. The highest BCUT2D eigenvalue weighted by Crippen LogP contribution is 2.35. The van der Waals surface area contributed by atoms with Crippen LogP contribution in [0.4, 0.5) is 4.39 Å². The Labute approximate surface area is 92.8 Å². The molecule has 1 N–H and O–H groups in total. The van der Waals surface area contributed by atoms with Crippen LogP contribution in [-0.4, -0.2) is 24.2 Å². The van der Waals surface area contributed by atoms with Crippen LogP contribution in [0.2, 0.25) is 0 Å². The zero-order chi connectivity index (χ0) is 12.3. The van der Waals surface area contributed by atoms with Crippen molar-refractivity contribution in [3.8, 4) is 0 Å². The standard InChI is InChI=1S/C12H25FO2/c1-9(2)11(3,4)10(7-14)8-15-12(5,6)13/h9-10,14H,7-8H2,1-6H3. The van der Waals surface area contributed by atoms with E-state index in [-0.39, 0.29) is 24.5 Å². The van der Waals surface area contributed by atoms with Crippen molar-refractivity contribution in [2.45, 2.75) is 47.4 Å². The molecule has 0 spiro atoms. The maximum atomic E-state index is 13.2. The summed E-state index contributed by atoms with van der Waals surface area (Å²) in [5.41, 5.74) is -0.0556. The van der Waals surface area contributed by atoms with E-state index < -0.39 is 5.85 Å². The molecule has 3 heteroatoms. The molecule has 15 heavy (non-hydrogen) atoms. The Morgan fingerprint density at radius 1 is 1.20 bits per heavy atom. The molecule has 2 nitrogen and oxygen atoms in total. The highest BCUT2D eigenvalue weighted by molar-refractivity contribution is 4.81. The molecule has 0 saturated heterocycles. The molecule has 0 fully saturated rings. The van der Waals surface area contributed by atoms with Crippen LogP contribution in [0, 0.1) is 17.3 Å². The smallest absolute Gasteiger partial charge is 0.203 e. The molecule has 0 saturated carbocycles. The van der Waals surface area contributed by atoms with Crippen LogP contribution in [0.15, 0.2) is 0 Å². The average Bonchev–Trinajstić information content (AvgIpc) is 2.02. The maximum absolute atomic E-state index is 13.2. The highest BCUT2D eigenvalue weighted by Gasteiger charge is 2.33. The van der Waals surface area contributed by atoms with E-state index in [1.807, 2.05) is 0 Å². The first-order valence-electron chi connectivity index (χ1n) is 5.55. The zero-order valence-corrected chi connectivity index (χ0v) is 10.8. The number of rotatable bonds is 6. The summed E-state index contributed by atoms with van der Waals surface area (Å²) < 4.78 is 18.3. The fourth-order valence-electron chi connectivity index (χ4n) is 1.27. The van der Waals surface area contributed by atoms with Crippen LogP contribution in [0.25, 0.3) is 0 Å². The van der Waals surface area contributed by atoms with E-state index in [0.29, 0.717) is 5.92 Å². The second kappa shape index (κ2) is 5.26. The number of hydrogen-bond acceptors (Lipinski definition) is 2. The molecule has 0 aromatic rings. The lowest BCUT2D eigenvalue weighted by atomic mass is 9.71. The summed E-state index contributed by atoms with van der Waals surface area (Å²) in [7, 11) is 0. The summed E-state index contributed by atoms with van der Waals surface area (Å²) >= 11 is 0. The molecule has 0 amide bonds. The third-order valence-electron chi connectivity index (χ3n) is 3.39. The highest BCUT2D eigenvalue weighted by atomic mass is 19.2. The van der Waals surface area contributed by atoms with Crippen LogP contribution >= 0.6 is 0 Å². The van der Waals surface area contributed by atoms with Gasteiger partial charge >= 0.3 is 0 Å². The monoisotopic (exact) mass is 220 g/mol. The third kappa shape index (κ3) is 4.94. The minimum absolute atomic E-state index is 0.0290. The van der Waals surface area contributed by atoms with Crippen LogP contribution in [-0.2, 0) is 4.74 Å². The number of alkyl halides is 1. The summed E-state index contributed by atoms with van der Waals surface area (Å²) in [6.07, 6.45) is 0. The van der Waals surface area contributed by atoms with Gasteiger partial charge in [0.2, 0.25) is 5.85 Å². The van der Waals surface area contributed by atoms with Crippen LogP contribution in [0.1, 0.15) is 41.5 Å². The average molecular weight is 220 g/mol. The van der Waals surface area contributed by atoms with E-state index in [2.05, 4.69) is 27.7 Å². The van der Waals surface area contributed by atoms with Gasteiger partial charge in [-0.25, -0.2) is 4.39 Å². The molecule has 92 valence electrons. The predicted octanol–water partition coefficient (Wildman–Crippen LogP) is 3.00. The lowest BCUT2D eigenvalue weighted by molar-refractivity contribution is -0.144. The van der Waals surface area contributed by atoms with Crippen molar-refractivity contribution in [2.75, 3.05) is 13.2 Å². The Morgan fingerprint density at radius 2 is 1.67 bits per heavy atom. The minimum atomic E-state index is -1.62. The van der Waals surface area contributed by atoms with E-state index in [9.17, 15) is 9.50 Å². The first kappa shape index (κ1) is 14.8. The van der Waals surface area contributed by atoms with Gasteiger partial charge in [-0.15, -0.1) is 0 Å². The first-order chi connectivity index (χ1) is 6.61. The van der Waals surface area contributed by atoms with Crippen molar-refractivity contribution < 1.29 is 14.2 Å². The van der Waals surface area contributed by atoms with Gasteiger partial charge in [-0.2, -0.15) is 0 Å². The number of aliphatic hydroxyl groups is 1. The normalized spacial score (nSPS) is 15.8. The number of hydrogen-bond donors (Lipinski definition) is 1. The van der Waals surface area contributed by atoms with Gasteiger partial charge in [-0.3, -0.25) is 0 Å². The number of ether oxygens (including phenoxy) is 1. The Hall–Kier alpha value is -0.150. The summed E-state index contributed by atoms with van der Waals surface area (Å²) in [5, 5.41) is 9.30. The lowest BCUT2D eigenvalue weighted by Gasteiger charge is -2.37. The van der Waals surface area contributed by atoms with Gasteiger partial charge in [0.05, 0.1) is 6.61 Å². The molecule has 0 aromatic carbocycles. The minimum Gasteiger partial charge on any atom is -0.396 e. The Kier molecular flexibility index (Phi) is 5.21. The molecule has 1 atom stereocenters. The summed E-state index contributed by atoms with van der Waals surface area (Å²) in [6.45, 7) is 11.4. The molecule has 0 aromatic heterocycles. The molecular weight excluding hydrogens is 195 g/mol. The van der Waals surface area contributed by atoms with Gasteiger partial charge in [-0.05, 0) is 25.2 Å². The van der Waals surface area contributed by atoms with Gasteiger partial charge in [-0.1, -0.05) is 27.7 Å². The van der Waals surface area contributed by atoms with E-state index >= 15 is 0 Å². The molecule has 0 rings (SSSR count). The fraction of sp³-hybridized carbons (Fsp3) is 1.00. The number of aliphatic hydroxyl groups excluding tert-OH is 1. The second-order valence-electron chi connectivity index (χ2n) is 5.53. The summed E-state index contributed by atoms with van der Waals surface area (Å²) in [4.78, 5) is 0. The number of halogens is 1. The molecule has 0 bridgehead atoms. The topological polar surface area (TPSA) is 29.5 Å². The van der Waals surface area contributed by atoms with Crippen LogP contribution in [0.5, 0.6) is 0 Å². The Morgan fingerprint density at radius 3 is 1.93 bits per heavy atom. The van der Waals surface area contributed by atoms with Gasteiger partial charge in [0, 0.05) is 12.5 Å². The van der Waals surface area contributed by atoms with Crippen LogP contribution in [0.3, 0.4) is 0 Å². The molecular formula is C12H25FO2. The van der Waals surface area contributed by atoms with Gasteiger partial charge < -0.3 is 9.84 Å². The third-order valence-corrected chi connectivity index (χ3v) is 3.39. The largest absolute Gasteiger partial charge is 0.396 e. The van der Waals surface area contributed by atoms with E-state index in [4.69, 9.17) is 4.74 Å². The van der Waals surface area contributed by atoms with E-state index in [1.54, 1.807) is 0 Å². The van der Waals surface area contributed by atoms with Crippen molar-refractivity contribution in [3.05, 3.63) is 0 Å². The van der Waals surface area contributed by atoms with Crippen molar-refractivity contribution in [1.82, 2.24) is 0 Å². The lowest BCUT2D eigenvalue weighted by Crippen LogP contribution is -2.37. The molecule has 0 heterocycles. The van der Waals surface area contributed by atoms with E-state index in [0.717, 1.165) is 0 Å². The second-order valence-corrected chi connectivity index (χ2v) is 5.53. The van der Waals surface area contributed by atoms with Gasteiger partial charge in [0.25, 0.3) is 0 Å². The quantitative estimate of drug-likeness (QED) is 0.745. The fourth-order valence-corrected chi connectivity index (χ4v) is 1.27. The molecule has 0 radical (unpaired) electrons. The maximum Gasteiger partial charge on any atom is 0.203 e. The van der Waals surface area contributed by atoms with Crippen LogP contribution < -0.4 is 0 Å². The van der Waals surface area contributed by atoms with Gasteiger partial charge in [0.15, 0.2) is 0 Å². The predicted molar refractivity (Wildman–Crippen MR) is 60.3 cm³/mol. The molecule has 0 aliphatic carbocycles. The van der Waals surface area contributed by atoms with Crippen molar-refractivity contribution in [2.24, 2.45) is 17.3 Å². The van der Waals surface area contributed by atoms with Crippen molar-refractivity contribution >= 4 is 0 Å². The van der Waals surface area contributed by atoms with E-state index in [1.165, 1.54) is 13.8 Å². The molecule has 1 unspecified atom stereocenters. The zero-order valence-electron chi connectivity index (χ0n) is 10.8. The Bertz CT molecular complexity index is 183. The summed E-state index contributed by atoms with van der Waals surface area (Å²) in [5.74, 6) is -1.24. The SMILES string of the molecule is CC(C)C(C)(C)C(CO)COC(C)(C)F. The van der Waals surface area contributed by atoms with Gasteiger partial charge in [0.1, 0.15) is 0 Å². The Balaban J connectivity index is 4.37. The van der Waals surface area contributed by atoms with Crippen molar-refractivity contribution in [1.29, 1.82) is 0 Å². The molecule has 0 aliphatic heterocycles. The molecule has 0 aliphatic rings. The van der Waals surface area contributed by atoms with Crippen molar-refractivity contribution in [3.63, 3.8) is 0 Å².